The molecule has 1 N–H and O–H groups in total. The number of hydrogen-bond acceptors (Lipinski definition) is 3. The quantitative estimate of drug-likeness (QED) is 0.876. The fourth-order valence-corrected chi connectivity index (χ4v) is 1.78. The van der Waals surface area contributed by atoms with Crippen LogP contribution in [0, 0.1) is 13.8 Å². The summed E-state index contributed by atoms with van der Waals surface area (Å²) in [6.07, 6.45) is -0.721. The molecule has 1 unspecified atom stereocenters. The van der Waals surface area contributed by atoms with Gasteiger partial charge in [0.2, 0.25) is 0 Å². The first-order chi connectivity index (χ1) is 7.85. The maximum atomic E-state index is 10.4. The Bertz CT molecular complexity index is 397. The molecule has 17 heavy (non-hydrogen) atoms. The zero-order chi connectivity index (χ0) is 13.2. The van der Waals surface area contributed by atoms with Crippen LogP contribution >= 0.6 is 0 Å². The van der Waals surface area contributed by atoms with Gasteiger partial charge in [0.15, 0.2) is 0 Å². The van der Waals surface area contributed by atoms with Gasteiger partial charge in [-0.1, -0.05) is 12.1 Å². The Balaban J connectivity index is 3.27. The third kappa shape index (κ3) is 2.61. The van der Waals surface area contributed by atoms with Gasteiger partial charge >= 0.3 is 0 Å². The standard InChI is InChI=1S/C14H22O3/c1-9-7-8-11(12(16-5)10(9)2)13(15)14(3,4)17-6/h7-8,13,15H,1-6H3. The van der Waals surface area contributed by atoms with Crippen LogP contribution in [0.15, 0.2) is 12.1 Å². The third-order valence-electron chi connectivity index (χ3n) is 3.39. The molecule has 1 aromatic rings. The van der Waals surface area contributed by atoms with Crippen LogP contribution in [0.2, 0.25) is 0 Å². The molecule has 0 aliphatic rings. The second-order valence-corrected chi connectivity index (χ2v) is 4.84. The minimum absolute atomic E-state index is 0.644. The minimum Gasteiger partial charge on any atom is -0.496 e. The molecule has 0 spiro atoms. The van der Waals surface area contributed by atoms with E-state index in [2.05, 4.69) is 0 Å². The van der Waals surface area contributed by atoms with Gasteiger partial charge in [-0.05, 0) is 38.8 Å². The predicted octanol–water partition coefficient (Wildman–Crippen LogP) is 2.77. The SMILES string of the molecule is COc1c(C(O)C(C)(C)OC)ccc(C)c1C. The number of aryl methyl sites for hydroxylation is 1. The predicted molar refractivity (Wildman–Crippen MR) is 68.5 cm³/mol. The van der Waals surface area contributed by atoms with Crippen molar-refractivity contribution < 1.29 is 14.6 Å². The number of rotatable bonds is 4. The van der Waals surface area contributed by atoms with Crippen LogP contribution < -0.4 is 4.74 Å². The van der Waals surface area contributed by atoms with E-state index in [-0.39, 0.29) is 0 Å². The lowest BCUT2D eigenvalue weighted by atomic mass is 9.91. The lowest BCUT2D eigenvalue weighted by Crippen LogP contribution is -2.31. The van der Waals surface area contributed by atoms with Gasteiger partial charge < -0.3 is 14.6 Å². The highest BCUT2D eigenvalue weighted by Gasteiger charge is 2.31. The molecule has 0 saturated heterocycles. The topological polar surface area (TPSA) is 38.7 Å². The van der Waals surface area contributed by atoms with E-state index in [0.29, 0.717) is 0 Å². The molecule has 0 aliphatic carbocycles. The Morgan fingerprint density at radius 2 is 1.76 bits per heavy atom. The van der Waals surface area contributed by atoms with Crippen LogP contribution in [-0.2, 0) is 4.74 Å². The average Bonchev–Trinajstić information content (AvgIpc) is 2.31. The molecule has 1 rings (SSSR count). The Labute approximate surface area is 103 Å². The monoisotopic (exact) mass is 238 g/mol. The summed E-state index contributed by atoms with van der Waals surface area (Å²) in [5.74, 6) is 0.739. The number of ether oxygens (including phenoxy) is 2. The smallest absolute Gasteiger partial charge is 0.127 e. The molecule has 0 aromatic heterocycles. The number of aliphatic hydroxyl groups is 1. The summed E-state index contributed by atoms with van der Waals surface area (Å²) >= 11 is 0. The maximum Gasteiger partial charge on any atom is 0.127 e. The molecule has 1 atom stereocenters. The Hall–Kier alpha value is -1.06. The van der Waals surface area contributed by atoms with Crippen molar-refractivity contribution in [3.63, 3.8) is 0 Å². The summed E-state index contributed by atoms with van der Waals surface area (Å²) in [5, 5.41) is 10.4. The van der Waals surface area contributed by atoms with E-state index in [1.54, 1.807) is 14.2 Å². The van der Waals surface area contributed by atoms with Crippen molar-refractivity contribution in [3.05, 3.63) is 28.8 Å². The molecule has 1 aromatic carbocycles. The molecule has 96 valence electrons. The van der Waals surface area contributed by atoms with E-state index < -0.39 is 11.7 Å². The highest BCUT2D eigenvalue weighted by Crippen LogP contribution is 2.36. The second kappa shape index (κ2) is 5.07. The van der Waals surface area contributed by atoms with E-state index in [9.17, 15) is 5.11 Å². The van der Waals surface area contributed by atoms with Crippen LogP contribution in [0.25, 0.3) is 0 Å². The first-order valence-corrected chi connectivity index (χ1v) is 5.72. The zero-order valence-corrected chi connectivity index (χ0v) is 11.5. The zero-order valence-electron chi connectivity index (χ0n) is 11.5. The molecule has 3 nitrogen and oxygen atoms in total. The van der Waals surface area contributed by atoms with Crippen molar-refractivity contribution in [1.82, 2.24) is 0 Å². The molecule has 0 saturated carbocycles. The molecule has 0 amide bonds. The first-order valence-electron chi connectivity index (χ1n) is 5.72. The Morgan fingerprint density at radius 3 is 2.24 bits per heavy atom. The van der Waals surface area contributed by atoms with Crippen LogP contribution in [-0.4, -0.2) is 24.9 Å². The molecule has 0 heterocycles. The van der Waals surface area contributed by atoms with E-state index in [0.717, 1.165) is 22.4 Å². The highest BCUT2D eigenvalue weighted by molar-refractivity contribution is 5.47. The molecular weight excluding hydrogens is 216 g/mol. The van der Waals surface area contributed by atoms with Crippen LogP contribution in [0.4, 0.5) is 0 Å². The minimum atomic E-state index is -0.721. The Morgan fingerprint density at radius 1 is 1.18 bits per heavy atom. The molecule has 0 aliphatic heterocycles. The van der Waals surface area contributed by atoms with Crippen LogP contribution in [0.3, 0.4) is 0 Å². The summed E-state index contributed by atoms with van der Waals surface area (Å²) < 4.78 is 10.7. The van der Waals surface area contributed by atoms with Gasteiger partial charge in [-0.25, -0.2) is 0 Å². The summed E-state index contributed by atoms with van der Waals surface area (Å²) in [6.45, 7) is 7.72. The number of benzene rings is 1. The fourth-order valence-electron chi connectivity index (χ4n) is 1.78. The summed E-state index contributed by atoms with van der Waals surface area (Å²) in [4.78, 5) is 0. The van der Waals surface area contributed by atoms with Crippen LogP contribution in [0.1, 0.15) is 36.6 Å². The van der Waals surface area contributed by atoms with Crippen LogP contribution in [0.5, 0.6) is 5.75 Å². The van der Waals surface area contributed by atoms with Gasteiger partial charge in [0, 0.05) is 12.7 Å². The van der Waals surface area contributed by atoms with Gasteiger partial charge in [0.05, 0.1) is 12.7 Å². The van der Waals surface area contributed by atoms with E-state index in [4.69, 9.17) is 9.47 Å². The molecule has 0 fully saturated rings. The number of hydrogen-bond donors (Lipinski definition) is 1. The maximum absolute atomic E-state index is 10.4. The van der Waals surface area contributed by atoms with Gasteiger partial charge in [-0.2, -0.15) is 0 Å². The van der Waals surface area contributed by atoms with Gasteiger partial charge in [-0.15, -0.1) is 0 Å². The Kier molecular flexibility index (Phi) is 4.17. The average molecular weight is 238 g/mol. The summed E-state index contributed by atoms with van der Waals surface area (Å²) in [6, 6.07) is 3.88. The lowest BCUT2D eigenvalue weighted by Gasteiger charge is -2.30. The van der Waals surface area contributed by atoms with Crippen molar-refractivity contribution in [2.75, 3.05) is 14.2 Å². The number of methoxy groups -OCH3 is 2. The fraction of sp³-hybridized carbons (Fsp3) is 0.571. The third-order valence-corrected chi connectivity index (χ3v) is 3.39. The molecule has 3 heteroatoms. The van der Waals surface area contributed by atoms with Crippen molar-refractivity contribution in [2.45, 2.75) is 39.4 Å². The van der Waals surface area contributed by atoms with E-state index in [1.165, 1.54) is 0 Å². The summed E-state index contributed by atoms with van der Waals surface area (Å²) in [5.41, 5.74) is 2.32. The van der Waals surface area contributed by atoms with Crippen molar-refractivity contribution in [2.24, 2.45) is 0 Å². The van der Waals surface area contributed by atoms with Gasteiger partial charge in [0.25, 0.3) is 0 Å². The van der Waals surface area contributed by atoms with E-state index in [1.807, 2.05) is 39.8 Å². The lowest BCUT2D eigenvalue weighted by molar-refractivity contribution is -0.0800. The van der Waals surface area contributed by atoms with Crippen molar-refractivity contribution >= 4 is 0 Å². The first kappa shape index (κ1) is 14.0. The molecular formula is C14H22O3. The summed E-state index contributed by atoms with van der Waals surface area (Å²) in [7, 11) is 3.22. The van der Waals surface area contributed by atoms with Crippen molar-refractivity contribution in [3.8, 4) is 5.75 Å². The second-order valence-electron chi connectivity index (χ2n) is 4.84. The highest BCUT2D eigenvalue weighted by atomic mass is 16.5. The van der Waals surface area contributed by atoms with Gasteiger partial charge in [0.1, 0.15) is 11.9 Å². The van der Waals surface area contributed by atoms with E-state index >= 15 is 0 Å². The largest absolute Gasteiger partial charge is 0.496 e. The van der Waals surface area contributed by atoms with Gasteiger partial charge in [-0.3, -0.25) is 0 Å². The van der Waals surface area contributed by atoms with Crippen molar-refractivity contribution in [1.29, 1.82) is 0 Å². The molecule has 0 radical (unpaired) electrons. The normalized spacial score (nSPS) is 13.6. The molecule has 0 bridgehead atoms. The number of aliphatic hydroxyl groups excluding tert-OH is 1.